The molecule has 106 valence electrons. The third-order valence-corrected chi connectivity index (χ3v) is 3.87. The lowest BCUT2D eigenvalue weighted by Gasteiger charge is -2.37. The topological polar surface area (TPSA) is 24.5 Å². The summed E-state index contributed by atoms with van der Waals surface area (Å²) in [7, 11) is 2.01. The Morgan fingerprint density at radius 3 is 2.74 bits per heavy atom. The Bertz CT molecular complexity index is 394. The maximum atomic E-state index is 5.70. The van der Waals surface area contributed by atoms with E-state index in [-0.39, 0.29) is 0 Å². The van der Waals surface area contributed by atoms with E-state index in [4.69, 9.17) is 4.74 Å². The van der Waals surface area contributed by atoms with Crippen LogP contribution in [0, 0.1) is 0 Å². The minimum absolute atomic E-state index is 0.348. The minimum atomic E-state index is 0.348. The summed E-state index contributed by atoms with van der Waals surface area (Å²) in [5.74, 6) is 0. The number of nitrogens with zero attached hydrogens (tertiary/aromatic N) is 1. The Balaban J connectivity index is 2.04. The molecule has 0 radical (unpaired) electrons. The Morgan fingerprint density at radius 1 is 1.26 bits per heavy atom. The number of nitrogens with one attached hydrogen (secondary N) is 1. The predicted molar refractivity (Wildman–Crippen MR) is 79.4 cm³/mol. The van der Waals surface area contributed by atoms with Crippen molar-refractivity contribution in [1.82, 2.24) is 10.2 Å². The molecule has 1 N–H and O–H groups in total. The number of rotatable bonds is 5. The van der Waals surface area contributed by atoms with E-state index in [0.717, 1.165) is 32.7 Å². The van der Waals surface area contributed by atoms with Crippen LogP contribution in [0.25, 0.3) is 0 Å². The quantitative estimate of drug-likeness (QED) is 0.879. The van der Waals surface area contributed by atoms with Crippen LogP contribution in [0.5, 0.6) is 0 Å². The van der Waals surface area contributed by atoms with E-state index in [1.807, 2.05) is 7.05 Å². The van der Waals surface area contributed by atoms with Crippen LogP contribution < -0.4 is 5.32 Å². The second-order valence-corrected chi connectivity index (χ2v) is 5.54. The van der Waals surface area contributed by atoms with Crippen molar-refractivity contribution in [3.05, 3.63) is 35.4 Å². The van der Waals surface area contributed by atoms with Crippen LogP contribution in [0.15, 0.2) is 24.3 Å². The molecule has 0 amide bonds. The second kappa shape index (κ2) is 7.04. The van der Waals surface area contributed by atoms with Crippen molar-refractivity contribution in [2.24, 2.45) is 0 Å². The monoisotopic (exact) mass is 262 g/mol. The van der Waals surface area contributed by atoms with Gasteiger partial charge in [-0.2, -0.15) is 0 Å². The Labute approximate surface area is 116 Å². The molecule has 3 heteroatoms. The van der Waals surface area contributed by atoms with Gasteiger partial charge in [0.05, 0.1) is 12.7 Å². The summed E-state index contributed by atoms with van der Waals surface area (Å²) in [6.45, 7) is 8.36. The number of morpholine rings is 1. The molecule has 0 aromatic heterocycles. The molecule has 1 saturated heterocycles. The molecular formula is C16H26N2O. The fourth-order valence-corrected chi connectivity index (χ4v) is 2.63. The van der Waals surface area contributed by atoms with E-state index >= 15 is 0 Å². The van der Waals surface area contributed by atoms with E-state index in [1.54, 1.807) is 0 Å². The Morgan fingerprint density at radius 2 is 2.00 bits per heavy atom. The van der Waals surface area contributed by atoms with Gasteiger partial charge in [-0.05, 0) is 45.0 Å². The van der Waals surface area contributed by atoms with E-state index in [0.29, 0.717) is 12.1 Å². The van der Waals surface area contributed by atoms with Crippen molar-refractivity contribution < 1.29 is 4.74 Å². The van der Waals surface area contributed by atoms with Gasteiger partial charge in [0.2, 0.25) is 0 Å². The minimum Gasteiger partial charge on any atom is -0.376 e. The summed E-state index contributed by atoms with van der Waals surface area (Å²) in [6.07, 6.45) is 1.45. The third-order valence-electron chi connectivity index (χ3n) is 3.87. The van der Waals surface area contributed by atoms with Crippen molar-refractivity contribution in [2.45, 2.75) is 39.0 Å². The maximum Gasteiger partial charge on any atom is 0.0674 e. The van der Waals surface area contributed by atoms with Crippen LogP contribution in [-0.2, 0) is 17.7 Å². The van der Waals surface area contributed by atoms with Gasteiger partial charge in [-0.25, -0.2) is 0 Å². The standard InChI is InChI=1S/C16H26N2O/c1-13-12-19-14(2)10-18(13)11-16-7-5-4-6-15(16)8-9-17-3/h4-7,13-14,17H,8-12H2,1-3H3. The third kappa shape index (κ3) is 4.03. The van der Waals surface area contributed by atoms with Crippen molar-refractivity contribution >= 4 is 0 Å². The highest BCUT2D eigenvalue weighted by molar-refractivity contribution is 5.27. The van der Waals surface area contributed by atoms with Crippen molar-refractivity contribution in [3.63, 3.8) is 0 Å². The number of ether oxygens (including phenoxy) is 1. The highest BCUT2D eigenvalue weighted by Gasteiger charge is 2.23. The largest absolute Gasteiger partial charge is 0.376 e. The Kier molecular flexibility index (Phi) is 5.37. The van der Waals surface area contributed by atoms with E-state index in [9.17, 15) is 0 Å². The van der Waals surface area contributed by atoms with Crippen molar-refractivity contribution in [3.8, 4) is 0 Å². The van der Waals surface area contributed by atoms with Crippen molar-refractivity contribution in [2.75, 3.05) is 26.7 Å². The zero-order valence-corrected chi connectivity index (χ0v) is 12.4. The Hall–Kier alpha value is -0.900. The average Bonchev–Trinajstić information content (AvgIpc) is 2.42. The van der Waals surface area contributed by atoms with Crippen LogP contribution >= 0.6 is 0 Å². The zero-order chi connectivity index (χ0) is 13.7. The SMILES string of the molecule is CNCCc1ccccc1CN1CC(C)OCC1C. The molecule has 2 atom stereocenters. The molecule has 1 aliphatic rings. The van der Waals surface area contributed by atoms with Gasteiger partial charge in [0.15, 0.2) is 0 Å². The molecule has 0 spiro atoms. The summed E-state index contributed by atoms with van der Waals surface area (Å²) in [5.41, 5.74) is 2.92. The van der Waals surface area contributed by atoms with Gasteiger partial charge >= 0.3 is 0 Å². The summed E-state index contributed by atoms with van der Waals surface area (Å²) >= 11 is 0. The van der Waals surface area contributed by atoms with Crippen LogP contribution in [0.3, 0.4) is 0 Å². The number of benzene rings is 1. The molecule has 3 nitrogen and oxygen atoms in total. The van der Waals surface area contributed by atoms with Gasteiger partial charge in [0.25, 0.3) is 0 Å². The van der Waals surface area contributed by atoms with Gasteiger partial charge in [-0.15, -0.1) is 0 Å². The highest BCUT2D eigenvalue weighted by Crippen LogP contribution is 2.18. The second-order valence-electron chi connectivity index (χ2n) is 5.54. The molecule has 19 heavy (non-hydrogen) atoms. The maximum absolute atomic E-state index is 5.70. The molecule has 1 heterocycles. The summed E-state index contributed by atoms with van der Waals surface area (Å²) in [4.78, 5) is 2.53. The fourth-order valence-electron chi connectivity index (χ4n) is 2.63. The van der Waals surface area contributed by atoms with Crippen molar-refractivity contribution in [1.29, 1.82) is 0 Å². The molecule has 1 aromatic rings. The first kappa shape index (κ1) is 14.5. The van der Waals surface area contributed by atoms with Gasteiger partial charge in [0.1, 0.15) is 0 Å². The number of likely N-dealkylation sites (N-methyl/N-ethyl adjacent to an activating group) is 1. The fraction of sp³-hybridized carbons (Fsp3) is 0.625. The zero-order valence-electron chi connectivity index (χ0n) is 12.4. The molecule has 0 saturated carbocycles. The summed E-state index contributed by atoms with van der Waals surface area (Å²) < 4.78 is 5.70. The molecule has 2 rings (SSSR count). The molecule has 1 aromatic carbocycles. The molecule has 2 unspecified atom stereocenters. The van der Waals surface area contributed by atoms with Crippen LogP contribution in [-0.4, -0.2) is 43.8 Å². The normalized spacial score (nSPS) is 24.6. The molecule has 1 aliphatic heterocycles. The first-order valence-corrected chi connectivity index (χ1v) is 7.27. The lowest BCUT2D eigenvalue weighted by atomic mass is 10.0. The van der Waals surface area contributed by atoms with Crippen LogP contribution in [0.1, 0.15) is 25.0 Å². The lowest BCUT2D eigenvalue weighted by Crippen LogP contribution is -2.46. The van der Waals surface area contributed by atoms with Gasteiger partial charge in [0, 0.05) is 19.1 Å². The average molecular weight is 262 g/mol. The highest BCUT2D eigenvalue weighted by atomic mass is 16.5. The van der Waals surface area contributed by atoms with E-state index in [2.05, 4.69) is 48.3 Å². The summed E-state index contributed by atoms with van der Waals surface area (Å²) in [6, 6.07) is 9.31. The van der Waals surface area contributed by atoms with Gasteiger partial charge < -0.3 is 10.1 Å². The molecule has 0 bridgehead atoms. The van der Waals surface area contributed by atoms with E-state index in [1.165, 1.54) is 11.1 Å². The van der Waals surface area contributed by atoms with Gasteiger partial charge in [-0.1, -0.05) is 24.3 Å². The molecule has 1 fully saturated rings. The molecule has 0 aliphatic carbocycles. The van der Waals surface area contributed by atoms with Crippen LogP contribution in [0.2, 0.25) is 0 Å². The van der Waals surface area contributed by atoms with E-state index < -0.39 is 0 Å². The predicted octanol–water partition coefficient (Wildman–Crippen LogP) is 2.06. The number of hydrogen-bond acceptors (Lipinski definition) is 3. The number of hydrogen-bond donors (Lipinski definition) is 1. The lowest BCUT2D eigenvalue weighted by molar-refractivity contribution is -0.0527. The summed E-state index contributed by atoms with van der Waals surface area (Å²) in [5, 5.41) is 3.23. The van der Waals surface area contributed by atoms with Gasteiger partial charge in [-0.3, -0.25) is 4.90 Å². The first-order valence-electron chi connectivity index (χ1n) is 7.27. The smallest absolute Gasteiger partial charge is 0.0674 e. The van der Waals surface area contributed by atoms with Crippen LogP contribution in [0.4, 0.5) is 0 Å². The first-order chi connectivity index (χ1) is 9.20. The molecular weight excluding hydrogens is 236 g/mol.